The third-order valence-corrected chi connectivity index (χ3v) is 10.7. The van der Waals surface area contributed by atoms with Gasteiger partial charge in [-0.3, -0.25) is 0 Å². The first-order chi connectivity index (χ1) is 21.5. The predicted octanol–water partition coefficient (Wildman–Crippen LogP) is 13.0. The average molecular weight is 601 g/mol. The number of halogens is 3. The zero-order valence-corrected chi connectivity index (χ0v) is 26.9. The van der Waals surface area contributed by atoms with Crippen LogP contribution in [0.15, 0.2) is 66.7 Å². The van der Waals surface area contributed by atoms with E-state index < -0.39 is 11.6 Å². The lowest BCUT2D eigenvalue weighted by molar-refractivity contribution is 0.157. The Morgan fingerprint density at radius 1 is 0.682 bits per heavy atom. The van der Waals surface area contributed by atoms with E-state index in [9.17, 15) is 8.78 Å². The van der Waals surface area contributed by atoms with Crippen molar-refractivity contribution >= 4 is 0 Å². The molecule has 3 aromatic rings. The van der Waals surface area contributed by atoms with E-state index in [1.54, 1.807) is 30.3 Å². The summed E-state index contributed by atoms with van der Waals surface area (Å²) >= 11 is 0. The zero-order valence-electron chi connectivity index (χ0n) is 26.9. The second-order valence-electron chi connectivity index (χ2n) is 13.6. The molecule has 0 aliphatic heterocycles. The van der Waals surface area contributed by atoms with Gasteiger partial charge in [-0.2, -0.15) is 0 Å². The lowest BCUT2D eigenvalue weighted by Crippen LogP contribution is -2.25. The highest BCUT2D eigenvalue weighted by atomic mass is 19.2. The summed E-state index contributed by atoms with van der Waals surface area (Å²) in [6, 6.07) is 16.3. The van der Waals surface area contributed by atoms with Crippen LogP contribution in [0, 0.1) is 35.2 Å². The minimum absolute atomic E-state index is 0.210. The lowest BCUT2D eigenvalue weighted by atomic mass is 9.68. The van der Waals surface area contributed by atoms with Crippen LogP contribution in [0.1, 0.15) is 121 Å². The van der Waals surface area contributed by atoms with Crippen molar-refractivity contribution in [3.63, 3.8) is 0 Å². The molecule has 0 aromatic heterocycles. The average Bonchev–Trinajstić information content (AvgIpc) is 3.06. The van der Waals surface area contributed by atoms with E-state index in [0.29, 0.717) is 29.0 Å². The molecule has 0 N–H and O–H groups in total. The number of unbranched alkanes of at least 4 members (excludes halogenated alkanes) is 3. The fraction of sp³-hybridized carbons (Fsp3) is 0.512. The fourth-order valence-corrected chi connectivity index (χ4v) is 7.97. The van der Waals surface area contributed by atoms with Gasteiger partial charge < -0.3 is 0 Å². The van der Waals surface area contributed by atoms with Gasteiger partial charge in [0.2, 0.25) is 0 Å². The van der Waals surface area contributed by atoms with Gasteiger partial charge in [0.1, 0.15) is 5.82 Å². The monoisotopic (exact) mass is 600 g/mol. The fourth-order valence-electron chi connectivity index (χ4n) is 7.97. The van der Waals surface area contributed by atoms with Crippen molar-refractivity contribution in [3.8, 4) is 22.3 Å². The zero-order chi connectivity index (χ0) is 30.9. The summed E-state index contributed by atoms with van der Waals surface area (Å²) in [6.07, 6.45) is 22.1. The smallest absolute Gasteiger partial charge is 0.166 e. The molecular weight excluding hydrogens is 549 g/mol. The summed E-state index contributed by atoms with van der Waals surface area (Å²) in [5.74, 6) is 1.31. The Morgan fingerprint density at radius 3 is 1.95 bits per heavy atom. The van der Waals surface area contributed by atoms with Gasteiger partial charge in [0.05, 0.1) is 0 Å². The molecule has 2 saturated carbocycles. The molecule has 0 amide bonds. The molecule has 236 valence electrons. The van der Waals surface area contributed by atoms with Gasteiger partial charge >= 0.3 is 0 Å². The molecule has 0 bridgehead atoms. The van der Waals surface area contributed by atoms with Crippen molar-refractivity contribution in [2.75, 3.05) is 0 Å². The van der Waals surface area contributed by atoms with Gasteiger partial charge in [-0.15, -0.1) is 0 Å². The van der Waals surface area contributed by atoms with Crippen LogP contribution in [0.2, 0.25) is 0 Å². The molecule has 2 fully saturated rings. The lowest BCUT2D eigenvalue weighted by Gasteiger charge is -2.38. The molecule has 0 spiro atoms. The van der Waals surface area contributed by atoms with E-state index in [1.165, 1.54) is 51.4 Å². The van der Waals surface area contributed by atoms with Crippen LogP contribution in [0.5, 0.6) is 0 Å². The normalized spacial score (nSPS) is 22.5. The van der Waals surface area contributed by atoms with Crippen LogP contribution < -0.4 is 0 Å². The topological polar surface area (TPSA) is 0 Å². The molecule has 2 aliphatic carbocycles. The maximum Gasteiger partial charge on any atom is 0.166 e. The molecule has 0 unspecified atom stereocenters. The first-order valence-corrected chi connectivity index (χ1v) is 17.5. The third-order valence-electron chi connectivity index (χ3n) is 10.7. The Hall–Kier alpha value is -2.81. The van der Waals surface area contributed by atoms with E-state index in [2.05, 4.69) is 32.1 Å². The van der Waals surface area contributed by atoms with Gasteiger partial charge in [0.15, 0.2) is 11.6 Å². The molecular formula is C41H51F3. The second-order valence-corrected chi connectivity index (χ2v) is 13.6. The minimum Gasteiger partial charge on any atom is -0.206 e. The van der Waals surface area contributed by atoms with Gasteiger partial charge in [0, 0.05) is 11.1 Å². The van der Waals surface area contributed by atoms with Gasteiger partial charge in [-0.1, -0.05) is 99.7 Å². The predicted molar refractivity (Wildman–Crippen MR) is 179 cm³/mol. The molecule has 0 radical (unpaired) electrons. The first-order valence-electron chi connectivity index (χ1n) is 17.5. The minimum atomic E-state index is -0.802. The number of allylic oxidation sites excluding steroid dienone is 2. The summed E-state index contributed by atoms with van der Waals surface area (Å²) in [5.41, 5.74) is 3.69. The quantitative estimate of drug-likeness (QED) is 0.143. The SMILES string of the molecule is C/C=C/CCC1CCC(C2CCC(c3ccc(-c4ccc(-c5ccc(CCCCCC)c(F)c5F)cc4)c(F)c3)CC2)CC1. The van der Waals surface area contributed by atoms with Crippen molar-refractivity contribution in [1.82, 2.24) is 0 Å². The standard InChI is InChI=1S/C41H51F3/c1-3-5-7-9-11-35-24-27-38(41(44)40(35)43)34-22-20-33(21-23-34)37-26-25-36(28-39(37)42)32-18-16-31(17-19-32)30-14-12-29(13-15-30)10-8-6-4-2/h4,6,20-32H,3,5,7-19H2,1-2H3/b6-4+. The highest BCUT2D eigenvalue weighted by molar-refractivity contribution is 5.71. The molecule has 0 nitrogen and oxygen atoms in total. The van der Waals surface area contributed by atoms with Crippen LogP contribution in [0.3, 0.4) is 0 Å². The number of benzene rings is 3. The van der Waals surface area contributed by atoms with Crippen molar-refractivity contribution in [1.29, 1.82) is 0 Å². The van der Waals surface area contributed by atoms with Crippen LogP contribution in [0.25, 0.3) is 22.3 Å². The van der Waals surface area contributed by atoms with Crippen molar-refractivity contribution in [2.24, 2.45) is 17.8 Å². The maximum absolute atomic E-state index is 15.4. The molecule has 0 heterocycles. The van der Waals surface area contributed by atoms with Crippen LogP contribution in [-0.2, 0) is 6.42 Å². The van der Waals surface area contributed by atoms with E-state index in [0.717, 1.165) is 67.4 Å². The maximum atomic E-state index is 15.4. The summed E-state index contributed by atoms with van der Waals surface area (Å²) in [5, 5.41) is 0. The van der Waals surface area contributed by atoms with Crippen molar-refractivity contribution in [2.45, 2.75) is 116 Å². The van der Waals surface area contributed by atoms with E-state index in [1.807, 2.05) is 18.2 Å². The second kappa shape index (κ2) is 16.0. The summed E-state index contributed by atoms with van der Waals surface area (Å²) in [7, 11) is 0. The molecule has 0 saturated heterocycles. The number of hydrogen-bond acceptors (Lipinski definition) is 0. The largest absolute Gasteiger partial charge is 0.206 e. The van der Waals surface area contributed by atoms with Crippen molar-refractivity contribution in [3.05, 3.63) is 95.3 Å². The van der Waals surface area contributed by atoms with E-state index >= 15 is 4.39 Å². The summed E-state index contributed by atoms with van der Waals surface area (Å²) < 4.78 is 45.2. The Morgan fingerprint density at radius 2 is 1.32 bits per heavy atom. The van der Waals surface area contributed by atoms with E-state index in [-0.39, 0.29) is 11.4 Å². The Balaban J connectivity index is 1.16. The number of rotatable bonds is 12. The molecule has 2 aliphatic rings. The molecule has 5 rings (SSSR count). The number of aryl methyl sites for hydroxylation is 1. The Bertz CT molecular complexity index is 1360. The van der Waals surface area contributed by atoms with Crippen LogP contribution >= 0.6 is 0 Å². The van der Waals surface area contributed by atoms with Crippen LogP contribution in [-0.4, -0.2) is 0 Å². The molecule has 0 atom stereocenters. The Kier molecular flexibility index (Phi) is 11.8. The molecule has 3 heteroatoms. The number of hydrogen-bond donors (Lipinski definition) is 0. The van der Waals surface area contributed by atoms with Gasteiger partial charge in [-0.05, 0) is 123 Å². The van der Waals surface area contributed by atoms with E-state index in [4.69, 9.17) is 0 Å². The molecule has 3 aromatic carbocycles. The van der Waals surface area contributed by atoms with Crippen LogP contribution in [0.4, 0.5) is 13.2 Å². The third kappa shape index (κ3) is 8.06. The van der Waals surface area contributed by atoms with Gasteiger partial charge in [-0.25, -0.2) is 13.2 Å². The summed E-state index contributed by atoms with van der Waals surface area (Å²) in [4.78, 5) is 0. The highest BCUT2D eigenvalue weighted by Crippen LogP contribution is 2.45. The van der Waals surface area contributed by atoms with Crippen molar-refractivity contribution < 1.29 is 13.2 Å². The Labute approximate surface area is 264 Å². The van der Waals surface area contributed by atoms with Gasteiger partial charge in [0.25, 0.3) is 0 Å². The first kappa shape index (κ1) is 32.6. The summed E-state index contributed by atoms with van der Waals surface area (Å²) in [6.45, 7) is 4.24. The highest BCUT2D eigenvalue weighted by Gasteiger charge is 2.31. The molecule has 44 heavy (non-hydrogen) atoms.